The molecule has 0 saturated heterocycles. The summed E-state index contributed by atoms with van der Waals surface area (Å²) in [5.74, 6) is 4.42. The number of nitrogens with zero attached hydrogens (tertiary/aromatic N) is 1. The number of hydrogen-bond donors (Lipinski definition) is 2. The smallest absolute Gasteiger partial charge is 0.273 e. The highest BCUT2D eigenvalue weighted by molar-refractivity contribution is 5.85. The molecular weight excluding hydrogens is 222 g/mol. The van der Waals surface area contributed by atoms with Crippen LogP contribution in [-0.4, -0.2) is 10.8 Å². The SMILES string of the molecule is Cl.NNC(=O)Cc1ccccc1[N+](=O)[O-]. The summed E-state index contributed by atoms with van der Waals surface area (Å²) >= 11 is 0. The fourth-order valence-corrected chi connectivity index (χ4v) is 1.06. The molecule has 7 heteroatoms. The summed E-state index contributed by atoms with van der Waals surface area (Å²) in [5, 5.41) is 10.5. The summed E-state index contributed by atoms with van der Waals surface area (Å²) in [4.78, 5) is 20.9. The van der Waals surface area contributed by atoms with Crippen molar-refractivity contribution in [3.63, 3.8) is 0 Å². The fourth-order valence-electron chi connectivity index (χ4n) is 1.06. The summed E-state index contributed by atoms with van der Waals surface area (Å²) < 4.78 is 0. The van der Waals surface area contributed by atoms with E-state index < -0.39 is 10.8 Å². The van der Waals surface area contributed by atoms with Crippen LogP contribution in [0.2, 0.25) is 0 Å². The van der Waals surface area contributed by atoms with E-state index in [1.54, 1.807) is 12.1 Å². The Morgan fingerprint density at radius 1 is 1.47 bits per heavy atom. The van der Waals surface area contributed by atoms with Gasteiger partial charge in [0.1, 0.15) is 0 Å². The molecule has 82 valence electrons. The summed E-state index contributed by atoms with van der Waals surface area (Å²) in [6, 6.07) is 6.04. The maximum absolute atomic E-state index is 10.9. The maximum Gasteiger partial charge on any atom is 0.273 e. The van der Waals surface area contributed by atoms with E-state index in [1.165, 1.54) is 12.1 Å². The zero-order chi connectivity index (χ0) is 10.6. The van der Waals surface area contributed by atoms with Crippen LogP contribution in [0.5, 0.6) is 0 Å². The van der Waals surface area contributed by atoms with Crippen molar-refractivity contribution in [2.24, 2.45) is 5.84 Å². The van der Waals surface area contributed by atoms with Gasteiger partial charge in [0.15, 0.2) is 0 Å². The van der Waals surface area contributed by atoms with E-state index in [0.717, 1.165) is 0 Å². The van der Waals surface area contributed by atoms with Crippen LogP contribution < -0.4 is 11.3 Å². The minimum absolute atomic E-state index is 0. The first kappa shape index (κ1) is 13.3. The van der Waals surface area contributed by atoms with E-state index in [2.05, 4.69) is 0 Å². The topological polar surface area (TPSA) is 98.3 Å². The third-order valence-electron chi connectivity index (χ3n) is 1.70. The summed E-state index contributed by atoms with van der Waals surface area (Å²) in [6.07, 6.45) is -0.0896. The van der Waals surface area contributed by atoms with Gasteiger partial charge in [-0.15, -0.1) is 12.4 Å². The molecule has 1 aromatic rings. The molecule has 0 aliphatic heterocycles. The average Bonchev–Trinajstić information content (AvgIpc) is 2.18. The van der Waals surface area contributed by atoms with E-state index in [0.29, 0.717) is 5.56 Å². The normalized spacial score (nSPS) is 8.87. The Morgan fingerprint density at radius 2 is 2.07 bits per heavy atom. The van der Waals surface area contributed by atoms with Gasteiger partial charge in [-0.25, -0.2) is 5.84 Å². The van der Waals surface area contributed by atoms with Crippen molar-refractivity contribution in [1.29, 1.82) is 0 Å². The molecule has 1 amide bonds. The van der Waals surface area contributed by atoms with Gasteiger partial charge in [0.25, 0.3) is 5.69 Å². The van der Waals surface area contributed by atoms with Gasteiger partial charge in [0, 0.05) is 11.6 Å². The predicted molar refractivity (Wildman–Crippen MR) is 56.4 cm³/mol. The Bertz CT molecular complexity index is 370. The van der Waals surface area contributed by atoms with Gasteiger partial charge in [-0.2, -0.15) is 0 Å². The first-order valence-electron chi connectivity index (χ1n) is 3.87. The number of hydrazine groups is 1. The van der Waals surface area contributed by atoms with Crippen molar-refractivity contribution in [3.05, 3.63) is 39.9 Å². The molecule has 0 bridgehead atoms. The first-order chi connectivity index (χ1) is 6.65. The van der Waals surface area contributed by atoms with E-state index in [4.69, 9.17) is 5.84 Å². The van der Waals surface area contributed by atoms with Crippen LogP contribution in [0.3, 0.4) is 0 Å². The number of nitro groups is 1. The number of rotatable bonds is 3. The number of nitro benzene ring substituents is 1. The standard InChI is InChI=1S/C8H9N3O3.ClH/c9-10-8(12)5-6-3-1-2-4-7(6)11(13)14;/h1-4H,5,9H2,(H,10,12);1H. The third-order valence-corrected chi connectivity index (χ3v) is 1.70. The van der Waals surface area contributed by atoms with Gasteiger partial charge in [0.05, 0.1) is 11.3 Å². The van der Waals surface area contributed by atoms with Gasteiger partial charge in [-0.1, -0.05) is 18.2 Å². The Kier molecular flexibility index (Phi) is 5.29. The molecule has 0 fully saturated rings. The lowest BCUT2D eigenvalue weighted by Gasteiger charge is -2.00. The number of carbonyl (C=O) groups is 1. The van der Waals surface area contributed by atoms with Crippen molar-refractivity contribution in [2.75, 3.05) is 0 Å². The average molecular weight is 232 g/mol. The summed E-state index contributed by atoms with van der Waals surface area (Å²) in [5.41, 5.74) is 2.19. The molecule has 0 atom stereocenters. The largest absolute Gasteiger partial charge is 0.294 e. The van der Waals surface area contributed by atoms with E-state index in [1.807, 2.05) is 5.43 Å². The second-order valence-corrected chi connectivity index (χ2v) is 2.63. The van der Waals surface area contributed by atoms with Gasteiger partial charge in [-0.05, 0) is 0 Å². The van der Waals surface area contributed by atoms with E-state index in [-0.39, 0.29) is 24.5 Å². The number of amides is 1. The predicted octanol–water partition coefficient (Wildman–Crippen LogP) is 0.549. The van der Waals surface area contributed by atoms with Crippen LogP contribution in [0.25, 0.3) is 0 Å². The molecule has 0 aromatic heterocycles. The number of nitrogens with one attached hydrogen (secondary N) is 1. The minimum atomic E-state index is -0.529. The van der Waals surface area contributed by atoms with Gasteiger partial charge < -0.3 is 0 Å². The zero-order valence-corrected chi connectivity index (χ0v) is 8.49. The molecule has 1 aromatic carbocycles. The van der Waals surface area contributed by atoms with Crippen molar-refractivity contribution in [2.45, 2.75) is 6.42 Å². The molecular formula is C8H10ClN3O3. The van der Waals surface area contributed by atoms with Gasteiger partial charge in [0.2, 0.25) is 5.91 Å². The number of carbonyl (C=O) groups excluding carboxylic acids is 1. The maximum atomic E-state index is 10.9. The van der Waals surface area contributed by atoms with Crippen molar-refractivity contribution < 1.29 is 9.72 Å². The quantitative estimate of drug-likeness (QED) is 0.343. The second-order valence-electron chi connectivity index (χ2n) is 2.63. The lowest BCUT2D eigenvalue weighted by Crippen LogP contribution is -2.31. The Labute approximate surface area is 92.0 Å². The Morgan fingerprint density at radius 3 is 2.60 bits per heavy atom. The third kappa shape index (κ3) is 3.53. The number of para-hydroxylation sites is 1. The number of hydrogen-bond acceptors (Lipinski definition) is 4. The second kappa shape index (κ2) is 5.94. The molecule has 0 spiro atoms. The van der Waals surface area contributed by atoms with Gasteiger partial charge in [-0.3, -0.25) is 20.3 Å². The molecule has 1 rings (SSSR count). The van der Waals surface area contributed by atoms with Crippen molar-refractivity contribution in [3.8, 4) is 0 Å². The van der Waals surface area contributed by atoms with Crippen LogP contribution in [0.15, 0.2) is 24.3 Å². The van der Waals surface area contributed by atoms with E-state index >= 15 is 0 Å². The van der Waals surface area contributed by atoms with Crippen LogP contribution >= 0.6 is 12.4 Å². The van der Waals surface area contributed by atoms with Gasteiger partial charge >= 0.3 is 0 Å². The lowest BCUT2D eigenvalue weighted by atomic mass is 10.1. The van der Waals surface area contributed by atoms with Crippen molar-refractivity contribution in [1.82, 2.24) is 5.43 Å². The number of halogens is 1. The monoisotopic (exact) mass is 231 g/mol. The van der Waals surface area contributed by atoms with Crippen LogP contribution in [0.4, 0.5) is 5.69 Å². The fraction of sp³-hybridized carbons (Fsp3) is 0.125. The minimum Gasteiger partial charge on any atom is -0.294 e. The van der Waals surface area contributed by atoms with Crippen LogP contribution in [0, 0.1) is 10.1 Å². The highest BCUT2D eigenvalue weighted by atomic mass is 35.5. The lowest BCUT2D eigenvalue weighted by molar-refractivity contribution is -0.385. The Hall–Kier alpha value is -1.66. The highest BCUT2D eigenvalue weighted by Crippen LogP contribution is 2.17. The zero-order valence-electron chi connectivity index (χ0n) is 7.67. The van der Waals surface area contributed by atoms with E-state index in [9.17, 15) is 14.9 Å². The molecule has 6 nitrogen and oxygen atoms in total. The number of nitrogens with two attached hydrogens (primary N) is 1. The molecule has 0 unspecified atom stereocenters. The summed E-state index contributed by atoms with van der Waals surface area (Å²) in [6.45, 7) is 0. The van der Waals surface area contributed by atoms with Crippen molar-refractivity contribution >= 4 is 24.0 Å². The molecule has 0 aliphatic carbocycles. The first-order valence-corrected chi connectivity index (χ1v) is 3.87. The number of benzene rings is 1. The summed E-state index contributed by atoms with van der Waals surface area (Å²) in [7, 11) is 0. The molecule has 3 N–H and O–H groups in total. The highest BCUT2D eigenvalue weighted by Gasteiger charge is 2.14. The molecule has 15 heavy (non-hydrogen) atoms. The molecule has 0 heterocycles. The molecule has 0 aliphatic rings. The van der Waals surface area contributed by atoms with Crippen LogP contribution in [0.1, 0.15) is 5.56 Å². The Balaban J connectivity index is 0.00000196. The molecule has 0 radical (unpaired) electrons. The van der Waals surface area contributed by atoms with Crippen LogP contribution in [-0.2, 0) is 11.2 Å². The molecule has 0 saturated carbocycles.